The van der Waals surface area contributed by atoms with Crippen LogP contribution in [0.5, 0.6) is 0 Å². The Kier molecular flexibility index (Phi) is 3.03. The Morgan fingerprint density at radius 3 is 2.83 bits per heavy atom. The SMILES string of the molecule is Cl.O=[N+]([O-])c1ccc2c(-c3ccoc3)n[nH]c2c1. The van der Waals surface area contributed by atoms with E-state index in [1.165, 1.54) is 12.1 Å². The molecular weight excluding hydrogens is 258 g/mol. The number of non-ortho nitro benzene ring substituents is 1. The molecule has 0 unspecified atom stereocenters. The van der Waals surface area contributed by atoms with Gasteiger partial charge >= 0.3 is 0 Å². The fraction of sp³-hybridized carbons (Fsp3) is 0. The van der Waals surface area contributed by atoms with Gasteiger partial charge in [0, 0.05) is 23.1 Å². The predicted molar refractivity (Wildman–Crippen MR) is 67.7 cm³/mol. The first-order valence-corrected chi connectivity index (χ1v) is 4.91. The number of nitrogens with zero attached hydrogens (tertiary/aromatic N) is 2. The van der Waals surface area contributed by atoms with Crippen molar-refractivity contribution in [2.75, 3.05) is 0 Å². The maximum Gasteiger partial charge on any atom is 0.271 e. The Morgan fingerprint density at radius 2 is 2.17 bits per heavy atom. The van der Waals surface area contributed by atoms with E-state index in [0.717, 1.165) is 16.6 Å². The number of halogens is 1. The van der Waals surface area contributed by atoms with Gasteiger partial charge in [0.25, 0.3) is 5.69 Å². The van der Waals surface area contributed by atoms with Gasteiger partial charge in [-0.15, -0.1) is 12.4 Å². The lowest BCUT2D eigenvalue weighted by molar-refractivity contribution is -0.384. The van der Waals surface area contributed by atoms with E-state index in [4.69, 9.17) is 4.42 Å². The maximum atomic E-state index is 10.6. The molecule has 7 heteroatoms. The normalized spacial score (nSPS) is 10.2. The Hall–Kier alpha value is -2.34. The van der Waals surface area contributed by atoms with E-state index >= 15 is 0 Å². The van der Waals surface area contributed by atoms with Crippen molar-refractivity contribution < 1.29 is 9.34 Å². The Bertz CT molecular complexity index is 691. The summed E-state index contributed by atoms with van der Waals surface area (Å²) in [7, 11) is 0. The topological polar surface area (TPSA) is 85.0 Å². The predicted octanol–water partition coefficient (Wildman–Crippen LogP) is 3.15. The molecule has 18 heavy (non-hydrogen) atoms. The number of hydrogen-bond acceptors (Lipinski definition) is 4. The molecule has 0 atom stereocenters. The lowest BCUT2D eigenvalue weighted by atomic mass is 10.1. The molecule has 0 amide bonds. The number of nitro groups is 1. The molecule has 0 saturated heterocycles. The second kappa shape index (κ2) is 4.50. The molecule has 1 aromatic carbocycles. The van der Waals surface area contributed by atoms with Crippen LogP contribution in [0.25, 0.3) is 22.2 Å². The van der Waals surface area contributed by atoms with Crippen LogP contribution in [-0.4, -0.2) is 15.1 Å². The number of aromatic amines is 1. The smallest absolute Gasteiger partial charge is 0.271 e. The zero-order valence-corrected chi connectivity index (χ0v) is 9.81. The van der Waals surface area contributed by atoms with Crippen LogP contribution < -0.4 is 0 Å². The van der Waals surface area contributed by atoms with E-state index in [1.54, 1.807) is 24.7 Å². The molecule has 0 fully saturated rings. The highest BCUT2D eigenvalue weighted by Gasteiger charge is 2.12. The third kappa shape index (κ3) is 1.82. The number of nitrogens with one attached hydrogen (secondary N) is 1. The second-order valence-electron chi connectivity index (χ2n) is 3.57. The van der Waals surface area contributed by atoms with Crippen LogP contribution >= 0.6 is 12.4 Å². The molecule has 0 aliphatic rings. The molecule has 1 N–H and O–H groups in total. The van der Waals surface area contributed by atoms with Crippen molar-refractivity contribution in [3.05, 3.63) is 46.9 Å². The summed E-state index contributed by atoms with van der Waals surface area (Å²) in [6, 6.07) is 6.39. The van der Waals surface area contributed by atoms with Gasteiger partial charge in [-0.05, 0) is 12.1 Å². The molecule has 3 aromatic rings. The van der Waals surface area contributed by atoms with Crippen molar-refractivity contribution in [2.24, 2.45) is 0 Å². The van der Waals surface area contributed by atoms with Gasteiger partial charge in [-0.3, -0.25) is 15.2 Å². The Morgan fingerprint density at radius 1 is 1.33 bits per heavy atom. The summed E-state index contributed by atoms with van der Waals surface area (Å²) in [4.78, 5) is 10.2. The van der Waals surface area contributed by atoms with Gasteiger partial charge in [-0.2, -0.15) is 5.10 Å². The standard InChI is InChI=1S/C11H7N3O3.ClH/c15-14(16)8-1-2-9-10(5-8)12-13-11(9)7-3-4-17-6-7;/h1-6H,(H,12,13);1H. The first kappa shape index (κ1) is 12.1. The second-order valence-corrected chi connectivity index (χ2v) is 3.57. The maximum absolute atomic E-state index is 10.6. The molecular formula is C11H8ClN3O3. The average Bonchev–Trinajstić information content (AvgIpc) is 2.96. The van der Waals surface area contributed by atoms with Crippen LogP contribution in [0, 0.1) is 10.1 Å². The summed E-state index contributed by atoms with van der Waals surface area (Å²) < 4.78 is 4.99. The third-order valence-electron chi connectivity index (χ3n) is 2.55. The number of aromatic nitrogens is 2. The summed E-state index contributed by atoms with van der Waals surface area (Å²) in [6.07, 6.45) is 3.14. The zero-order chi connectivity index (χ0) is 11.8. The van der Waals surface area contributed by atoms with Crippen molar-refractivity contribution in [3.63, 3.8) is 0 Å². The summed E-state index contributed by atoms with van der Waals surface area (Å²) >= 11 is 0. The zero-order valence-electron chi connectivity index (χ0n) is 8.99. The van der Waals surface area contributed by atoms with Crippen molar-refractivity contribution in [2.45, 2.75) is 0 Å². The minimum Gasteiger partial charge on any atom is -0.472 e. The summed E-state index contributed by atoms with van der Waals surface area (Å²) in [6.45, 7) is 0. The largest absolute Gasteiger partial charge is 0.472 e. The molecule has 3 rings (SSSR count). The first-order chi connectivity index (χ1) is 8.25. The number of hydrogen-bond donors (Lipinski definition) is 1. The van der Waals surface area contributed by atoms with E-state index in [2.05, 4.69) is 10.2 Å². The minimum absolute atomic E-state index is 0. The molecule has 92 valence electrons. The van der Waals surface area contributed by atoms with Crippen molar-refractivity contribution in [3.8, 4) is 11.3 Å². The van der Waals surface area contributed by atoms with Crippen LogP contribution in [-0.2, 0) is 0 Å². The third-order valence-corrected chi connectivity index (χ3v) is 2.55. The fourth-order valence-corrected chi connectivity index (χ4v) is 1.74. The van der Waals surface area contributed by atoms with Crippen molar-refractivity contribution in [1.29, 1.82) is 0 Å². The van der Waals surface area contributed by atoms with Crippen LogP contribution in [0.3, 0.4) is 0 Å². The highest BCUT2D eigenvalue weighted by atomic mass is 35.5. The monoisotopic (exact) mass is 265 g/mol. The quantitative estimate of drug-likeness (QED) is 0.570. The van der Waals surface area contributed by atoms with E-state index in [1.807, 2.05) is 0 Å². The van der Waals surface area contributed by atoms with Gasteiger partial charge in [0.2, 0.25) is 0 Å². The lowest BCUT2D eigenvalue weighted by Crippen LogP contribution is -1.86. The highest BCUT2D eigenvalue weighted by Crippen LogP contribution is 2.28. The van der Waals surface area contributed by atoms with Gasteiger partial charge in [0.15, 0.2) is 0 Å². The molecule has 2 heterocycles. The van der Waals surface area contributed by atoms with E-state index in [9.17, 15) is 10.1 Å². The first-order valence-electron chi connectivity index (χ1n) is 4.91. The van der Waals surface area contributed by atoms with Gasteiger partial charge < -0.3 is 4.42 Å². The molecule has 6 nitrogen and oxygen atoms in total. The Labute approximate surface area is 107 Å². The number of nitro benzene ring substituents is 1. The minimum atomic E-state index is -0.433. The average molecular weight is 266 g/mol. The van der Waals surface area contributed by atoms with E-state index in [0.29, 0.717) is 5.52 Å². The van der Waals surface area contributed by atoms with Crippen molar-refractivity contribution in [1.82, 2.24) is 10.2 Å². The number of fused-ring (bicyclic) bond motifs is 1. The van der Waals surface area contributed by atoms with Gasteiger partial charge in [0.1, 0.15) is 5.69 Å². The number of H-pyrrole nitrogens is 1. The van der Waals surface area contributed by atoms with Crippen LogP contribution in [0.15, 0.2) is 41.2 Å². The molecule has 0 spiro atoms. The molecule has 2 aromatic heterocycles. The molecule has 0 aliphatic heterocycles. The van der Waals surface area contributed by atoms with Crippen molar-refractivity contribution >= 4 is 29.0 Å². The summed E-state index contributed by atoms with van der Waals surface area (Å²) in [5.74, 6) is 0. The summed E-state index contributed by atoms with van der Waals surface area (Å²) in [5.41, 5.74) is 2.24. The van der Waals surface area contributed by atoms with Crippen LogP contribution in [0.2, 0.25) is 0 Å². The molecule has 0 radical (unpaired) electrons. The Balaban J connectivity index is 0.00000120. The van der Waals surface area contributed by atoms with Gasteiger partial charge in [0.05, 0.1) is 23.0 Å². The highest BCUT2D eigenvalue weighted by molar-refractivity contribution is 5.93. The lowest BCUT2D eigenvalue weighted by Gasteiger charge is -1.93. The number of furan rings is 1. The summed E-state index contributed by atoms with van der Waals surface area (Å²) in [5, 5.41) is 18.4. The van der Waals surface area contributed by atoms with E-state index in [-0.39, 0.29) is 18.1 Å². The van der Waals surface area contributed by atoms with E-state index < -0.39 is 4.92 Å². The van der Waals surface area contributed by atoms with Gasteiger partial charge in [-0.1, -0.05) is 0 Å². The fourth-order valence-electron chi connectivity index (χ4n) is 1.74. The number of benzene rings is 1. The van der Waals surface area contributed by atoms with Gasteiger partial charge in [-0.25, -0.2) is 0 Å². The van der Waals surface area contributed by atoms with Crippen LogP contribution in [0.1, 0.15) is 0 Å². The van der Waals surface area contributed by atoms with Crippen LogP contribution in [0.4, 0.5) is 5.69 Å². The molecule has 0 aliphatic carbocycles. The number of rotatable bonds is 2. The molecule has 0 bridgehead atoms. The molecule has 0 saturated carbocycles.